The Morgan fingerprint density at radius 3 is 2.21 bits per heavy atom. The first kappa shape index (κ1) is 21.5. The molecule has 0 aliphatic rings. The molecule has 28 heavy (non-hydrogen) atoms. The highest BCUT2D eigenvalue weighted by Crippen LogP contribution is 2.29. The molecule has 5 nitrogen and oxygen atoms in total. The summed E-state index contributed by atoms with van der Waals surface area (Å²) in [6.45, 7) is 2.51. The van der Waals surface area contributed by atoms with Crippen molar-refractivity contribution in [1.82, 2.24) is 13.8 Å². The smallest absolute Gasteiger partial charge is 0.268 e. The lowest BCUT2D eigenvalue weighted by atomic mass is 10.1. The van der Waals surface area contributed by atoms with Crippen LogP contribution in [-0.2, 0) is 16.6 Å². The second-order valence-electron chi connectivity index (χ2n) is 7.11. The summed E-state index contributed by atoms with van der Waals surface area (Å²) >= 11 is 6.87. The molecule has 1 aromatic heterocycles. The van der Waals surface area contributed by atoms with Crippen molar-refractivity contribution in [3.8, 4) is 0 Å². The maximum Gasteiger partial charge on any atom is 0.268 e. The second kappa shape index (κ2) is 8.67. The van der Waals surface area contributed by atoms with E-state index in [1.165, 1.54) is 3.97 Å². The Kier molecular flexibility index (Phi) is 6.66. The number of hydrogen-bond acceptors (Lipinski definition) is 4. The highest BCUT2D eigenvalue weighted by molar-refractivity contribution is 9.10. The molecule has 0 saturated heterocycles. The molecule has 1 heterocycles. The van der Waals surface area contributed by atoms with Crippen LogP contribution in [0.4, 0.5) is 0 Å². The molecule has 0 fully saturated rings. The number of likely N-dealkylation sites (N-methyl/N-ethyl adjacent to an activating group) is 2. The number of rotatable bonds is 7. The molecule has 0 bridgehead atoms. The van der Waals surface area contributed by atoms with Gasteiger partial charge in [0, 0.05) is 40.2 Å². The Morgan fingerprint density at radius 1 is 0.929 bits per heavy atom. The van der Waals surface area contributed by atoms with Gasteiger partial charge in [0.1, 0.15) is 0 Å². The third-order valence-electron chi connectivity index (χ3n) is 4.55. The van der Waals surface area contributed by atoms with E-state index in [2.05, 4.69) is 41.7 Å². The van der Waals surface area contributed by atoms with Crippen molar-refractivity contribution in [3.63, 3.8) is 0 Å². The van der Waals surface area contributed by atoms with E-state index in [-0.39, 0.29) is 4.90 Å². The van der Waals surface area contributed by atoms with Crippen LogP contribution in [0.15, 0.2) is 62.5 Å². The highest BCUT2D eigenvalue weighted by atomic mass is 79.9. The number of hydrogen-bond donors (Lipinski definition) is 0. The summed E-state index contributed by atoms with van der Waals surface area (Å²) in [5.41, 5.74) is 1.67. The van der Waals surface area contributed by atoms with Crippen LogP contribution in [0.1, 0.15) is 5.56 Å². The second-order valence-corrected chi connectivity index (χ2v) is 10.8. The van der Waals surface area contributed by atoms with Crippen molar-refractivity contribution >= 4 is 52.8 Å². The molecule has 0 N–H and O–H groups in total. The van der Waals surface area contributed by atoms with E-state index in [1.807, 2.05) is 39.3 Å². The first-order valence-electron chi connectivity index (χ1n) is 8.82. The first-order chi connectivity index (χ1) is 13.2. The summed E-state index contributed by atoms with van der Waals surface area (Å²) in [7, 11) is 2.45. The quantitative estimate of drug-likeness (QED) is 0.456. The summed E-state index contributed by atoms with van der Waals surface area (Å²) in [6, 6.07) is 12.4. The van der Waals surface area contributed by atoms with Gasteiger partial charge in [-0.2, -0.15) is 0 Å². The maximum absolute atomic E-state index is 13.3. The average molecular weight is 529 g/mol. The molecule has 0 unspecified atom stereocenters. The van der Waals surface area contributed by atoms with Gasteiger partial charge < -0.3 is 9.80 Å². The van der Waals surface area contributed by atoms with Crippen LogP contribution in [0.25, 0.3) is 10.9 Å². The summed E-state index contributed by atoms with van der Waals surface area (Å²) in [4.78, 5) is 4.60. The fraction of sp³-hybridized carbons (Fsp3) is 0.300. The number of benzene rings is 2. The van der Waals surface area contributed by atoms with E-state index >= 15 is 0 Å². The van der Waals surface area contributed by atoms with Gasteiger partial charge >= 0.3 is 0 Å². The minimum Gasteiger partial charge on any atom is -0.308 e. The van der Waals surface area contributed by atoms with Crippen molar-refractivity contribution in [2.24, 2.45) is 0 Å². The van der Waals surface area contributed by atoms with Gasteiger partial charge in [-0.3, -0.25) is 0 Å². The Labute approximate surface area is 183 Å². The zero-order valence-electron chi connectivity index (χ0n) is 16.1. The predicted molar refractivity (Wildman–Crippen MR) is 121 cm³/mol. The van der Waals surface area contributed by atoms with Crippen LogP contribution in [0.5, 0.6) is 0 Å². The monoisotopic (exact) mass is 527 g/mol. The first-order valence-corrected chi connectivity index (χ1v) is 11.8. The summed E-state index contributed by atoms with van der Waals surface area (Å²) in [5.74, 6) is 0. The molecular formula is C20H23Br2N3O2S. The standard InChI is InChI=1S/C20H23Br2N3O2S/c1-23(2)10-11-24(3)13-15-14-25(20-9-6-17(22)12-19(15)20)28(26,27)18-7-4-16(21)5-8-18/h4-9,12,14H,10-11,13H2,1-3H3. The van der Waals surface area contributed by atoms with Crippen LogP contribution in [0.3, 0.4) is 0 Å². The van der Waals surface area contributed by atoms with Gasteiger partial charge in [0.25, 0.3) is 10.0 Å². The van der Waals surface area contributed by atoms with Crippen LogP contribution in [0, 0.1) is 0 Å². The van der Waals surface area contributed by atoms with E-state index in [9.17, 15) is 8.42 Å². The minimum absolute atomic E-state index is 0.267. The molecule has 0 aliphatic heterocycles. The van der Waals surface area contributed by atoms with Gasteiger partial charge in [-0.15, -0.1) is 0 Å². The van der Waals surface area contributed by atoms with Crippen LogP contribution < -0.4 is 0 Å². The molecule has 8 heteroatoms. The molecule has 0 saturated carbocycles. The zero-order valence-corrected chi connectivity index (χ0v) is 20.1. The Hall–Kier alpha value is -1.19. The van der Waals surface area contributed by atoms with Crippen molar-refractivity contribution in [1.29, 1.82) is 0 Å². The van der Waals surface area contributed by atoms with Gasteiger partial charge in [-0.25, -0.2) is 12.4 Å². The average Bonchev–Trinajstić information content (AvgIpc) is 2.99. The highest BCUT2D eigenvalue weighted by Gasteiger charge is 2.22. The SMILES string of the molecule is CN(C)CCN(C)Cc1cn(S(=O)(=O)c2ccc(Br)cc2)c2ccc(Br)cc12. The maximum atomic E-state index is 13.3. The van der Waals surface area contributed by atoms with Gasteiger partial charge in [0.2, 0.25) is 0 Å². The Balaban J connectivity index is 2.05. The number of halogens is 2. The van der Waals surface area contributed by atoms with E-state index in [0.717, 1.165) is 33.0 Å². The fourth-order valence-corrected chi connectivity index (χ4v) is 5.04. The predicted octanol–water partition coefficient (Wildman–Crippen LogP) is 4.40. The zero-order chi connectivity index (χ0) is 20.5. The molecular weight excluding hydrogens is 506 g/mol. The molecule has 0 atom stereocenters. The lowest BCUT2D eigenvalue weighted by Crippen LogP contribution is -2.28. The molecule has 0 amide bonds. The van der Waals surface area contributed by atoms with Crippen LogP contribution in [0.2, 0.25) is 0 Å². The number of aromatic nitrogens is 1. The fourth-order valence-electron chi connectivity index (χ4n) is 3.02. The molecule has 3 rings (SSSR count). The topological polar surface area (TPSA) is 45.5 Å². The lowest BCUT2D eigenvalue weighted by Gasteiger charge is -2.18. The van der Waals surface area contributed by atoms with E-state index in [4.69, 9.17) is 0 Å². The number of nitrogens with zero attached hydrogens (tertiary/aromatic N) is 3. The molecule has 150 valence electrons. The van der Waals surface area contributed by atoms with Gasteiger partial charge in [-0.1, -0.05) is 31.9 Å². The molecule has 0 radical (unpaired) electrons. The van der Waals surface area contributed by atoms with Gasteiger partial charge in [0.05, 0.1) is 10.4 Å². The minimum atomic E-state index is -3.68. The Morgan fingerprint density at radius 2 is 1.57 bits per heavy atom. The third kappa shape index (κ3) is 4.68. The summed E-state index contributed by atoms with van der Waals surface area (Å²) < 4.78 is 29.7. The molecule has 0 spiro atoms. The molecule has 2 aromatic carbocycles. The molecule has 3 aromatic rings. The normalized spacial score (nSPS) is 12.4. The van der Waals surface area contributed by atoms with E-state index < -0.39 is 10.0 Å². The molecule has 0 aliphatic carbocycles. The van der Waals surface area contributed by atoms with Crippen molar-refractivity contribution in [2.45, 2.75) is 11.4 Å². The van der Waals surface area contributed by atoms with Crippen LogP contribution >= 0.6 is 31.9 Å². The summed E-state index contributed by atoms with van der Waals surface area (Å²) in [5, 5.41) is 0.937. The van der Waals surface area contributed by atoms with Crippen molar-refractivity contribution < 1.29 is 8.42 Å². The third-order valence-corrected chi connectivity index (χ3v) is 7.26. The van der Waals surface area contributed by atoms with Gasteiger partial charge in [-0.05, 0) is 69.2 Å². The summed E-state index contributed by atoms with van der Waals surface area (Å²) in [6.07, 6.45) is 1.75. The lowest BCUT2D eigenvalue weighted by molar-refractivity contribution is 0.277. The Bertz CT molecular complexity index is 1080. The largest absolute Gasteiger partial charge is 0.308 e. The van der Waals surface area contributed by atoms with E-state index in [1.54, 1.807) is 30.5 Å². The van der Waals surface area contributed by atoms with Crippen LogP contribution in [-0.4, -0.2) is 56.4 Å². The van der Waals surface area contributed by atoms with Crippen molar-refractivity contribution in [3.05, 3.63) is 63.2 Å². The van der Waals surface area contributed by atoms with E-state index in [0.29, 0.717) is 12.1 Å². The number of fused-ring (bicyclic) bond motifs is 1. The van der Waals surface area contributed by atoms with Crippen molar-refractivity contribution in [2.75, 3.05) is 34.2 Å². The van der Waals surface area contributed by atoms with Gasteiger partial charge in [0.15, 0.2) is 0 Å².